The fraction of sp³-hybridized carbons (Fsp3) is 0.750. The lowest BCUT2D eigenvalue weighted by Gasteiger charge is -2.25. The van der Waals surface area contributed by atoms with E-state index >= 15 is 0 Å². The number of hydrogen-bond donors (Lipinski definition) is 3. The molecule has 2 unspecified atom stereocenters. The van der Waals surface area contributed by atoms with Crippen molar-refractivity contribution in [2.45, 2.75) is 44.6 Å². The van der Waals surface area contributed by atoms with Gasteiger partial charge in [0, 0.05) is 24.8 Å². The summed E-state index contributed by atoms with van der Waals surface area (Å²) in [6, 6.07) is -1.18. The van der Waals surface area contributed by atoms with Crippen molar-refractivity contribution in [2.24, 2.45) is 0 Å². The monoisotopic (exact) mass is 303 g/mol. The minimum Gasteiger partial charge on any atom is -0.480 e. The van der Waals surface area contributed by atoms with E-state index in [0.29, 0.717) is 5.75 Å². The van der Waals surface area contributed by atoms with Crippen molar-refractivity contribution >= 4 is 29.7 Å². The summed E-state index contributed by atoms with van der Waals surface area (Å²) in [5.41, 5.74) is 0. The van der Waals surface area contributed by atoms with Crippen LogP contribution in [0.1, 0.15) is 27.2 Å². The number of carbonyl (C=O) groups excluding carboxylic acids is 2. The highest BCUT2D eigenvalue weighted by Crippen LogP contribution is 2.28. The van der Waals surface area contributed by atoms with Crippen LogP contribution in [0.25, 0.3) is 0 Å². The lowest BCUT2D eigenvalue weighted by atomic mass is 10.3. The van der Waals surface area contributed by atoms with Crippen molar-refractivity contribution in [1.82, 2.24) is 15.5 Å². The van der Waals surface area contributed by atoms with Gasteiger partial charge in [-0.05, 0) is 20.8 Å². The maximum Gasteiger partial charge on any atom is 0.327 e. The molecule has 1 fully saturated rings. The molecule has 0 radical (unpaired) electrons. The fourth-order valence-electron chi connectivity index (χ4n) is 1.91. The van der Waals surface area contributed by atoms with Crippen LogP contribution in [0, 0.1) is 0 Å². The SMILES string of the molecule is CC(C)NC(=O)CCNC(=O)N1C(C)SCC1C(=O)O. The van der Waals surface area contributed by atoms with Crippen LogP contribution >= 0.6 is 11.8 Å². The Bertz CT molecular complexity index is 389. The van der Waals surface area contributed by atoms with Gasteiger partial charge in [-0.15, -0.1) is 11.8 Å². The Balaban J connectivity index is 2.42. The van der Waals surface area contributed by atoms with E-state index in [9.17, 15) is 14.4 Å². The van der Waals surface area contributed by atoms with E-state index in [1.807, 2.05) is 13.8 Å². The number of carboxylic acid groups (broad SMARTS) is 1. The second kappa shape index (κ2) is 7.37. The minimum absolute atomic E-state index is 0.0598. The van der Waals surface area contributed by atoms with Gasteiger partial charge in [0.05, 0.1) is 5.37 Å². The molecule has 7 nitrogen and oxygen atoms in total. The van der Waals surface area contributed by atoms with Gasteiger partial charge in [0.2, 0.25) is 5.91 Å². The number of rotatable bonds is 5. The maximum absolute atomic E-state index is 12.0. The standard InChI is InChI=1S/C12H21N3O4S/c1-7(2)14-10(16)4-5-13-12(19)15-8(3)20-6-9(15)11(17)18/h7-9H,4-6H2,1-3H3,(H,13,19)(H,14,16)(H,17,18). The number of carboxylic acids is 1. The summed E-state index contributed by atoms with van der Waals surface area (Å²) in [4.78, 5) is 35.8. The Labute approximate surface area is 122 Å². The third-order valence-corrected chi connectivity index (χ3v) is 4.04. The van der Waals surface area contributed by atoms with Gasteiger partial charge in [0.1, 0.15) is 6.04 Å². The zero-order chi connectivity index (χ0) is 15.3. The molecule has 0 aromatic heterocycles. The summed E-state index contributed by atoms with van der Waals surface area (Å²) in [5, 5.41) is 14.2. The molecule has 0 aromatic carbocycles. The van der Waals surface area contributed by atoms with Crippen LogP contribution in [0.5, 0.6) is 0 Å². The van der Waals surface area contributed by atoms with Crippen LogP contribution in [-0.2, 0) is 9.59 Å². The van der Waals surface area contributed by atoms with Gasteiger partial charge in [-0.1, -0.05) is 0 Å². The summed E-state index contributed by atoms with van der Waals surface area (Å²) in [6.45, 7) is 5.70. The normalized spacial score (nSPS) is 21.9. The van der Waals surface area contributed by atoms with Crippen LogP contribution in [-0.4, -0.2) is 57.7 Å². The first-order valence-electron chi connectivity index (χ1n) is 6.53. The third-order valence-electron chi connectivity index (χ3n) is 2.82. The van der Waals surface area contributed by atoms with Crippen LogP contribution in [0.2, 0.25) is 0 Å². The summed E-state index contributed by atoms with van der Waals surface area (Å²) >= 11 is 1.42. The Kier molecular flexibility index (Phi) is 6.12. The zero-order valence-corrected chi connectivity index (χ0v) is 12.7. The lowest BCUT2D eigenvalue weighted by Crippen LogP contribution is -2.50. The Hall–Kier alpha value is -1.44. The number of amides is 3. The first-order valence-corrected chi connectivity index (χ1v) is 7.57. The largest absolute Gasteiger partial charge is 0.480 e. The molecular weight excluding hydrogens is 282 g/mol. The van der Waals surface area contributed by atoms with Crippen molar-refractivity contribution in [3.63, 3.8) is 0 Å². The van der Waals surface area contributed by atoms with Crippen LogP contribution in [0.3, 0.4) is 0 Å². The molecule has 0 aliphatic carbocycles. The molecule has 0 bridgehead atoms. The average molecular weight is 303 g/mol. The predicted molar refractivity (Wildman–Crippen MR) is 76.5 cm³/mol. The van der Waals surface area contributed by atoms with Crippen LogP contribution in [0.4, 0.5) is 4.79 Å². The highest BCUT2D eigenvalue weighted by atomic mass is 32.2. The molecule has 1 aliphatic heterocycles. The highest BCUT2D eigenvalue weighted by molar-refractivity contribution is 8.00. The molecule has 1 aliphatic rings. The molecule has 20 heavy (non-hydrogen) atoms. The van der Waals surface area contributed by atoms with E-state index in [2.05, 4.69) is 10.6 Å². The number of hydrogen-bond acceptors (Lipinski definition) is 4. The molecule has 114 valence electrons. The molecule has 1 saturated heterocycles. The van der Waals surface area contributed by atoms with Gasteiger partial charge in [-0.25, -0.2) is 9.59 Å². The summed E-state index contributed by atoms with van der Waals surface area (Å²) < 4.78 is 0. The molecule has 3 amide bonds. The van der Waals surface area contributed by atoms with E-state index < -0.39 is 18.0 Å². The Morgan fingerprint density at radius 2 is 2.05 bits per heavy atom. The molecular formula is C12H21N3O4S. The quantitative estimate of drug-likeness (QED) is 0.685. The van der Waals surface area contributed by atoms with Crippen LogP contribution < -0.4 is 10.6 Å². The Morgan fingerprint density at radius 3 is 2.60 bits per heavy atom. The second-order valence-electron chi connectivity index (χ2n) is 4.90. The van der Waals surface area contributed by atoms with Crippen molar-refractivity contribution in [1.29, 1.82) is 0 Å². The number of urea groups is 1. The van der Waals surface area contributed by atoms with E-state index in [1.165, 1.54) is 16.7 Å². The fourth-order valence-corrected chi connectivity index (χ4v) is 3.08. The molecule has 8 heteroatoms. The highest BCUT2D eigenvalue weighted by Gasteiger charge is 2.39. The minimum atomic E-state index is -1.01. The number of nitrogens with one attached hydrogen (secondary N) is 2. The summed E-state index contributed by atoms with van der Waals surface area (Å²) in [6.07, 6.45) is 0.178. The lowest BCUT2D eigenvalue weighted by molar-refractivity contribution is -0.141. The van der Waals surface area contributed by atoms with Crippen molar-refractivity contribution in [3.8, 4) is 0 Å². The zero-order valence-electron chi connectivity index (χ0n) is 11.9. The molecule has 3 N–H and O–H groups in total. The van der Waals surface area contributed by atoms with Crippen LogP contribution in [0.15, 0.2) is 0 Å². The topological polar surface area (TPSA) is 98.7 Å². The molecule has 0 spiro atoms. The third kappa shape index (κ3) is 4.59. The van der Waals surface area contributed by atoms with Gasteiger partial charge in [0.25, 0.3) is 0 Å². The molecule has 1 heterocycles. The van der Waals surface area contributed by atoms with Crippen molar-refractivity contribution in [2.75, 3.05) is 12.3 Å². The number of carbonyl (C=O) groups is 3. The summed E-state index contributed by atoms with van der Waals surface area (Å²) in [5.74, 6) is -0.758. The number of nitrogens with zero attached hydrogens (tertiary/aromatic N) is 1. The van der Waals surface area contributed by atoms with Gasteiger partial charge in [-0.3, -0.25) is 9.69 Å². The summed E-state index contributed by atoms with van der Waals surface area (Å²) in [7, 11) is 0. The molecule has 1 rings (SSSR count). The van der Waals surface area contributed by atoms with Crippen molar-refractivity contribution < 1.29 is 19.5 Å². The number of thioether (sulfide) groups is 1. The van der Waals surface area contributed by atoms with Gasteiger partial charge >= 0.3 is 12.0 Å². The van der Waals surface area contributed by atoms with E-state index in [-0.39, 0.29) is 30.3 Å². The van der Waals surface area contributed by atoms with Gasteiger partial charge < -0.3 is 15.7 Å². The smallest absolute Gasteiger partial charge is 0.327 e. The number of aliphatic carboxylic acids is 1. The predicted octanol–water partition coefficient (Wildman–Crippen LogP) is 0.459. The average Bonchev–Trinajstić information content (AvgIpc) is 2.70. The molecule has 2 atom stereocenters. The van der Waals surface area contributed by atoms with Gasteiger partial charge in [-0.2, -0.15) is 0 Å². The van der Waals surface area contributed by atoms with E-state index in [4.69, 9.17) is 5.11 Å². The second-order valence-corrected chi connectivity index (χ2v) is 6.25. The molecule has 0 aromatic rings. The first kappa shape index (κ1) is 16.6. The van der Waals surface area contributed by atoms with E-state index in [0.717, 1.165) is 0 Å². The van der Waals surface area contributed by atoms with Gasteiger partial charge in [0.15, 0.2) is 0 Å². The van der Waals surface area contributed by atoms with E-state index in [1.54, 1.807) is 6.92 Å². The first-order chi connectivity index (χ1) is 9.32. The molecule has 0 saturated carbocycles. The van der Waals surface area contributed by atoms with Crippen molar-refractivity contribution in [3.05, 3.63) is 0 Å². The Morgan fingerprint density at radius 1 is 1.40 bits per heavy atom. The maximum atomic E-state index is 12.0.